The highest BCUT2D eigenvalue weighted by Gasteiger charge is 2.46. The van der Waals surface area contributed by atoms with E-state index in [-0.39, 0.29) is 12.8 Å². The number of rotatable bonds is 2. The van der Waals surface area contributed by atoms with Gasteiger partial charge in [-0.2, -0.15) is 13.2 Å². The molecule has 0 radical (unpaired) electrons. The quantitative estimate of drug-likeness (QED) is 0.524. The van der Waals surface area contributed by atoms with Gasteiger partial charge in [0.1, 0.15) is 6.29 Å². The van der Waals surface area contributed by atoms with Crippen LogP contribution in [0.4, 0.5) is 13.2 Å². The summed E-state index contributed by atoms with van der Waals surface area (Å²) in [4.78, 5) is 11.0. The Bertz CT molecular complexity index is 313. The highest BCUT2D eigenvalue weighted by atomic mass is 19.4. The zero-order chi connectivity index (χ0) is 11.8. The molecule has 16 heavy (non-hydrogen) atoms. The Kier molecular flexibility index (Phi) is 2.84. The molecule has 2 aliphatic carbocycles. The van der Waals surface area contributed by atoms with Crippen molar-refractivity contribution in [3.63, 3.8) is 0 Å². The summed E-state index contributed by atoms with van der Waals surface area (Å²) in [5.41, 5.74) is 0.200. The summed E-state index contributed by atoms with van der Waals surface area (Å²) < 4.78 is 37.8. The van der Waals surface area contributed by atoms with E-state index in [9.17, 15) is 18.0 Å². The second-order valence-electron chi connectivity index (χ2n) is 4.88. The van der Waals surface area contributed by atoms with Crippen molar-refractivity contribution in [3.8, 4) is 0 Å². The van der Waals surface area contributed by atoms with Crippen molar-refractivity contribution in [2.45, 2.75) is 44.7 Å². The van der Waals surface area contributed by atoms with Gasteiger partial charge in [0, 0.05) is 5.41 Å². The second-order valence-corrected chi connectivity index (χ2v) is 4.88. The van der Waals surface area contributed by atoms with Gasteiger partial charge >= 0.3 is 6.18 Å². The third-order valence-corrected chi connectivity index (χ3v) is 3.95. The van der Waals surface area contributed by atoms with Gasteiger partial charge in [-0.1, -0.05) is 18.1 Å². The van der Waals surface area contributed by atoms with Crippen LogP contribution in [0, 0.1) is 11.3 Å². The molecule has 1 fully saturated rings. The van der Waals surface area contributed by atoms with Gasteiger partial charge in [0.25, 0.3) is 0 Å². The molecule has 1 unspecified atom stereocenters. The van der Waals surface area contributed by atoms with Crippen LogP contribution in [0.2, 0.25) is 0 Å². The summed E-state index contributed by atoms with van der Waals surface area (Å²) in [5, 5.41) is 0. The largest absolute Gasteiger partial charge is 0.392 e. The maximum absolute atomic E-state index is 12.6. The molecule has 0 aromatic rings. The number of alkyl halides is 3. The lowest BCUT2D eigenvalue weighted by molar-refractivity contribution is -0.178. The Morgan fingerprint density at radius 2 is 2.06 bits per heavy atom. The fraction of sp³-hybridized carbons (Fsp3) is 0.750. The van der Waals surface area contributed by atoms with Gasteiger partial charge in [-0.05, 0) is 32.1 Å². The van der Waals surface area contributed by atoms with Crippen LogP contribution in [0.15, 0.2) is 11.6 Å². The summed E-state index contributed by atoms with van der Waals surface area (Å²) >= 11 is 0. The Balaban J connectivity index is 2.12. The number of carbonyl (C=O) groups is 1. The van der Waals surface area contributed by atoms with Crippen molar-refractivity contribution >= 4 is 6.29 Å². The van der Waals surface area contributed by atoms with Crippen molar-refractivity contribution in [1.82, 2.24) is 0 Å². The molecular weight excluding hydrogens is 217 g/mol. The molecule has 0 aromatic heterocycles. The third kappa shape index (κ3) is 1.89. The van der Waals surface area contributed by atoms with E-state index in [1.165, 1.54) is 0 Å². The number of hydrogen-bond donors (Lipinski definition) is 0. The Morgan fingerprint density at radius 3 is 2.50 bits per heavy atom. The molecule has 0 saturated heterocycles. The molecule has 0 N–H and O–H groups in total. The van der Waals surface area contributed by atoms with E-state index in [2.05, 4.69) is 0 Å². The van der Waals surface area contributed by atoms with Crippen LogP contribution in [0.25, 0.3) is 0 Å². The fourth-order valence-electron chi connectivity index (χ4n) is 2.67. The number of hydrogen-bond acceptors (Lipinski definition) is 1. The van der Waals surface area contributed by atoms with Crippen molar-refractivity contribution in [2.75, 3.05) is 0 Å². The van der Waals surface area contributed by atoms with Crippen LogP contribution in [0.5, 0.6) is 0 Å². The van der Waals surface area contributed by atoms with Crippen LogP contribution in [-0.4, -0.2) is 12.5 Å². The van der Waals surface area contributed by atoms with Crippen LogP contribution in [0.1, 0.15) is 38.5 Å². The molecule has 0 aliphatic heterocycles. The molecule has 0 bridgehead atoms. The molecule has 2 rings (SSSR count). The van der Waals surface area contributed by atoms with Crippen molar-refractivity contribution in [2.24, 2.45) is 11.3 Å². The summed E-state index contributed by atoms with van der Waals surface area (Å²) in [6, 6.07) is 0. The van der Waals surface area contributed by atoms with Gasteiger partial charge in [-0.3, -0.25) is 0 Å². The van der Waals surface area contributed by atoms with Crippen molar-refractivity contribution < 1.29 is 18.0 Å². The number of aldehydes is 1. The van der Waals surface area contributed by atoms with Crippen LogP contribution < -0.4 is 0 Å². The lowest BCUT2D eigenvalue weighted by Crippen LogP contribution is -2.37. The zero-order valence-corrected chi connectivity index (χ0v) is 9.02. The first kappa shape index (κ1) is 11.7. The number of allylic oxidation sites excluding steroid dienone is 2. The van der Waals surface area contributed by atoms with Gasteiger partial charge < -0.3 is 4.79 Å². The molecule has 1 saturated carbocycles. The predicted octanol–water partition coefficient (Wildman–Crippen LogP) is 3.64. The monoisotopic (exact) mass is 232 g/mol. The molecule has 1 nitrogen and oxygen atoms in total. The summed E-state index contributed by atoms with van der Waals surface area (Å²) in [6.07, 6.45) is 1.66. The maximum atomic E-state index is 12.6. The minimum Gasteiger partial charge on any atom is -0.302 e. The van der Waals surface area contributed by atoms with Crippen LogP contribution >= 0.6 is 0 Å². The van der Waals surface area contributed by atoms with E-state index in [4.69, 9.17) is 0 Å². The highest BCUT2D eigenvalue weighted by molar-refractivity contribution is 5.66. The molecule has 1 atom stereocenters. The lowest BCUT2D eigenvalue weighted by atomic mass is 9.62. The van der Waals surface area contributed by atoms with Crippen molar-refractivity contribution in [1.29, 1.82) is 0 Å². The van der Waals surface area contributed by atoms with Crippen molar-refractivity contribution in [3.05, 3.63) is 11.6 Å². The standard InChI is InChI=1S/C12H15F3O/c13-12(14,15)10-4-1-3-9(7-10)11(8-16)5-2-6-11/h3,8,10H,1-2,4-7H2. The first-order valence-corrected chi connectivity index (χ1v) is 5.70. The van der Waals surface area contributed by atoms with E-state index in [1.807, 2.05) is 6.08 Å². The zero-order valence-electron chi connectivity index (χ0n) is 9.02. The van der Waals surface area contributed by atoms with E-state index in [0.717, 1.165) is 31.1 Å². The first-order valence-electron chi connectivity index (χ1n) is 5.70. The molecule has 90 valence electrons. The van der Waals surface area contributed by atoms with Crippen LogP contribution in [0.3, 0.4) is 0 Å². The summed E-state index contributed by atoms with van der Waals surface area (Å²) in [6.45, 7) is 0. The summed E-state index contributed by atoms with van der Waals surface area (Å²) in [7, 11) is 0. The molecule has 4 heteroatoms. The van der Waals surface area contributed by atoms with E-state index < -0.39 is 17.5 Å². The highest BCUT2D eigenvalue weighted by Crippen LogP contribution is 2.51. The van der Waals surface area contributed by atoms with Gasteiger partial charge in [0.15, 0.2) is 0 Å². The Hall–Kier alpha value is -0.800. The van der Waals surface area contributed by atoms with E-state index in [0.29, 0.717) is 6.42 Å². The molecule has 0 amide bonds. The molecule has 0 aromatic carbocycles. The normalized spacial score (nSPS) is 29.2. The average molecular weight is 232 g/mol. The first-order chi connectivity index (χ1) is 7.48. The minimum absolute atomic E-state index is 0.0300. The van der Waals surface area contributed by atoms with E-state index >= 15 is 0 Å². The number of halogens is 3. The molecule has 2 aliphatic rings. The minimum atomic E-state index is -4.12. The third-order valence-electron chi connectivity index (χ3n) is 3.95. The second kappa shape index (κ2) is 3.90. The van der Waals surface area contributed by atoms with E-state index in [1.54, 1.807) is 0 Å². The predicted molar refractivity (Wildman–Crippen MR) is 53.8 cm³/mol. The molecular formula is C12H15F3O. The van der Waals surface area contributed by atoms with Gasteiger partial charge in [0.05, 0.1) is 5.92 Å². The fourth-order valence-corrected chi connectivity index (χ4v) is 2.67. The lowest BCUT2D eigenvalue weighted by Gasteiger charge is -2.42. The Morgan fingerprint density at radius 1 is 1.38 bits per heavy atom. The SMILES string of the molecule is O=CC1(C2=CCCC(C(F)(F)F)C2)CCC1. The maximum Gasteiger partial charge on any atom is 0.392 e. The molecule has 0 heterocycles. The van der Waals surface area contributed by atoms with Crippen LogP contribution in [-0.2, 0) is 4.79 Å². The number of carbonyl (C=O) groups excluding carboxylic acids is 1. The average Bonchev–Trinajstić information content (AvgIpc) is 2.16. The van der Waals surface area contributed by atoms with Gasteiger partial charge in [0.2, 0.25) is 0 Å². The topological polar surface area (TPSA) is 17.1 Å². The Labute approximate surface area is 92.7 Å². The van der Waals surface area contributed by atoms with Gasteiger partial charge in [-0.25, -0.2) is 0 Å². The smallest absolute Gasteiger partial charge is 0.302 e. The van der Waals surface area contributed by atoms with Gasteiger partial charge in [-0.15, -0.1) is 0 Å². The summed E-state index contributed by atoms with van der Waals surface area (Å²) in [5.74, 6) is -1.25. The molecule has 0 spiro atoms.